The molecular weight excluding hydrogens is 199 g/mol. The lowest BCUT2D eigenvalue weighted by atomic mass is 10.1. The van der Waals surface area contributed by atoms with Crippen molar-refractivity contribution in [3.63, 3.8) is 0 Å². The fourth-order valence-corrected chi connectivity index (χ4v) is 1.35. The summed E-state index contributed by atoms with van der Waals surface area (Å²) in [7, 11) is 0. The van der Waals surface area contributed by atoms with Gasteiger partial charge < -0.3 is 0 Å². The minimum atomic E-state index is -4.16. The van der Waals surface area contributed by atoms with Crippen molar-refractivity contribution in [2.24, 2.45) is 5.92 Å². The fraction of sp³-hybridized carbons (Fsp3) is 1.00. The molecule has 0 aromatic rings. The predicted molar refractivity (Wildman–Crippen MR) is 50.8 cm³/mol. The van der Waals surface area contributed by atoms with Crippen LogP contribution in [0.5, 0.6) is 0 Å². The Hall–Kier alpha value is 0.100. The first-order chi connectivity index (χ1) is 5.79. The van der Waals surface area contributed by atoms with Crippen molar-refractivity contribution in [1.82, 2.24) is 5.32 Å². The molecule has 0 saturated heterocycles. The first-order valence-electron chi connectivity index (χ1n) is 4.14. The van der Waals surface area contributed by atoms with E-state index < -0.39 is 11.6 Å². The number of hydrogen-bond donors (Lipinski definition) is 1. The molecule has 0 rings (SSSR count). The molecule has 80 valence electrons. The molecule has 0 heterocycles. The Morgan fingerprint density at radius 1 is 1.15 bits per heavy atom. The largest absolute Gasteiger partial charge is 0.413 e. The van der Waals surface area contributed by atoms with E-state index in [1.807, 2.05) is 13.8 Å². The zero-order valence-corrected chi connectivity index (χ0v) is 9.09. The summed E-state index contributed by atoms with van der Waals surface area (Å²) in [5.41, 5.74) is 0. The van der Waals surface area contributed by atoms with E-state index in [9.17, 15) is 13.2 Å². The van der Waals surface area contributed by atoms with Crippen molar-refractivity contribution < 1.29 is 13.2 Å². The van der Waals surface area contributed by atoms with E-state index in [1.165, 1.54) is 6.26 Å². The zero-order chi connectivity index (χ0) is 10.6. The lowest BCUT2D eigenvalue weighted by Gasteiger charge is -2.25. The molecule has 0 aliphatic heterocycles. The van der Waals surface area contributed by atoms with Gasteiger partial charge in [0.1, 0.15) is 0 Å². The van der Waals surface area contributed by atoms with Crippen molar-refractivity contribution in [3.05, 3.63) is 0 Å². The maximum atomic E-state index is 12.3. The zero-order valence-electron chi connectivity index (χ0n) is 8.27. The van der Waals surface area contributed by atoms with Gasteiger partial charge in [-0.05, 0) is 19.1 Å². The van der Waals surface area contributed by atoms with E-state index in [2.05, 4.69) is 5.32 Å². The third kappa shape index (κ3) is 4.76. The Labute approximate surface area is 81.5 Å². The average Bonchev–Trinajstić information content (AvgIpc) is 1.96. The summed E-state index contributed by atoms with van der Waals surface area (Å²) in [6.07, 6.45) is -2.71. The predicted octanol–water partition coefficient (Wildman–Crippen LogP) is 2.87. The van der Waals surface area contributed by atoms with Gasteiger partial charge in [-0.1, -0.05) is 13.8 Å². The minimum Gasteiger partial charge on any atom is -0.295 e. The second-order valence-electron chi connectivity index (χ2n) is 3.36. The van der Waals surface area contributed by atoms with E-state index in [1.54, 1.807) is 6.92 Å². The average molecular weight is 215 g/mol. The van der Waals surface area contributed by atoms with Gasteiger partial charge in [-0.2, -0.15) is 13.2 Å². The standard InChI is InChI=1S/C8H16F3NS/c1-5(2)6(3)12-7(13-4)8(9,10)11/h5-7,12H,1-4H3/t6-,7-/m1/s1. The SMILES string of the molecule is CS[C@@H](N[C@H](C)C(C)C)C(F)(F)F. The monoisotopic (exact) mass is 215 g/mol. The number of halogens is 3. The van der Waals surface area contributed by atoms with Crippen LogP contribution in [-0.2, 0) is 0 Å². The summed E-state index contributed by atoms with van der Waals surface area (Å²) >= 11 is 0.786. The fourth-order valence-electron chi connectivity index (χ4n) is 0.727. The lowest BCUT2D eigenvalue weighted by molar-refractivity contribution is -0.136. The van der Waals surface area contributed by atoms with E-state index in [0.717, 1.165) is 11.8 Å². The third-order valence-corrected chi connectivity index (χ3v) is 2.82. The van der Waals surface area contributed by atoms with Crippen LogP contribution in [0, 0.1) is 5.92 Å². The molecule has 1 nitrogen and oxygen atoms in total. The quantitative estimate of drug-likeness (QED) is 0.724. The van der Waals surface area contributed by atoms with E-state index in [4.69, 9.17) is 0 Å². The highest BCUT2D eigenvalue weighted by atomic mass is 32.2. The number of nitrogens with one attached hydrogen (secondary N) is 1. The molecule has 13 heavy (non-hydrogen) atoms. The molecule has 0 radical (unpaired) electrons. The normalized spacial score (nSPS) is 17.5. The summed E-state index contributed by atoms with van der Waals surface area (Å²) in [6.45, 7) is 5.55. The number of hydrogen-bond acceptors (Lipinski definition) is 2. The Balaban J connectivity index is 4.14. The van der Waals surface area contributed by atoms with Crippen molar-refractivity contribution in [3.8, 4) is 0 Å². The molecule has 0 aromatic heterocycles. The van der Waals surface area contributed by atoms with Crippen LogP contribution in [0.3, 0.4) is 0 Å². The maximum Gasteiger partial charge on any atom is 0.413 e. The highest BCUT2D eigenvalue weighted by Gasteiger charge is 2.39. The summed E-state index contributed by atoms with van der Waals surface area (Å²) in [6, 6.07) is -0.126. The van der Waals surface area contributed by atoms with Gasteiger partial charge in [0.05, 0.1) is 0 Å². The van der Waals surface area contributed by atoms with Crippen LogP contribution in [0.15, 0.2) is 0 Å². The summed E-state index contributed by atoms with van der Waals surface area (Å²) in [5, 5.41) is 1.09. The van der Waals surface area contributed by atoms with Gasteiger partial charge in [0, 0.05) is 6.04 Å². The Morgan fingerprint density at radius 3 is 1.85 bits per heavy atom. The van der Waals surface area contributed by atoms with Crippen molar-refractivity contribution in [1.29, 1.82) is 0 Å². The molecule has 0 aromatic carbocycles. The van der Waals surface area contributed by atoms with Crippen molar-refractivity contribution >= 4 is 11.8 Å². The highest BCUT2D eigenvalue weighted by molar-refractivity contribution is 7.99. The number of rotatable bonds is 4. The summed E-state index contributed by atoms with van der Waals surface area (Å²) < 4.78 is 36.8. The number of alkyl halides is 3. The summed E-state index contributed by atoms with van der Waals surface area (Å²) in [5.74, 6) is 0.206. The Bertz CT molecular complexity index is 147. The van der Waals surface area contributed by atoms with E-state index >= 15 is 0 Å². The second kappa shape index (κ2) is 5.10. The molecule has 0 aliphatic rings. The van der Waals surface area contributed by atoms with Gasteiger partial charge in [-0.3, -0.25) is 5.32 Å². The molecule has 5 heteroatoms. The molecule has 0 spiro atoms. The van der Waals surface area contributed by atoms with E-state index in [0.29, 0.717) is 0 Å². The molecule has 0 saturated carbocycles. The van der Waals surface area contributed by atoms with Gasteiger partial charge in [0.2, 0.25) is 0 Å². The van der Waals surface area contributed by atoms with Gasteiger partial charge >= 0.3 is 6.18 Å². The molecule has 0 amide bonds. The molecule has 2 atom stereocenters. The molecule has 1 N–H and O–H groups in total. The van der Waals surface area contributed by atoms with Gasteiger partial charge in [0.25, 0.3) is 0 Å². The minimum absolute atomic E-state index is 0.126. The van der Waals surface area contributed by atoms with Crippen LogP contribution in [0.2, 0.25) is 0 Å². The van der Waals surface area contributed by atoms with Gasteiger partial charge in [-0.15, -0.1) is 11.8 Å². The maximum absolute atomic E-state index is 12.3. The van der Waals surface area contributed by atoms with E-state index in [-0.39, 0.29) is 12.0 Å². The highest BCUT2D eigenvalue weighted by Crippen LogP contribution is 2.27. The molecular formula is C8H16F3NS. The first kappa shape index (κ1) is 13.1. The van der Waals surface area contributed by atoms with Crippen LogP contribution in [0.1, 0.15) is 20.8 Å². The third-order valence-electron chi connectivity index (χ3n) is 1.95. The molecule has 0 bridgehead atoms. The Morgan fingerprint density at radius 2 is 1.62 bits per heavy atom. The van der Waals surface area contributed by atoms with Crippen molar-refractivity contribution in [2.75, 3.05) is 6.26 Å². The molecule has 0 unspecified atom stereocenters. The lowest BCUT2D eigenvalue weighted by Crippen LogP contribution is -2.45. The first-order valence-corrected chi connectivity index (χ1v) is 5.43. The van der Waals surface area contributed by atoms with Gasteiger partial charge in [-0.25, -0.2) is 0 Å². The van der Waals surface area contributed by atoms with Gasteiger partial charge in [0.15, 0.2) is 5.37 Å². The van der Waals surface area contributed by atoms with Crippen LogP contribution in [-0.4, -0.2) is 23.8 Å². The van der Waals surface area contributed by atoms with Crippen LogP contribution >= 0.6 is 11.8 Å². The molecule has 0 fully saturated rings. The summed E-state index contributed by atoms with van der Waals surface area (Å²) in [4.78, 5) is 0. The van der Waals surface area contributed by atoms with Crippen LogP contribution in [0.25, 0.3) is 0 Å². The Kier molecular flexibility index (Phi) is 5.14. The van der Waals surface area contributed by atoms with Crippen LogP contribution < -0.4 is 5.32 Å². The van der Waals surface area contributed by atoms with Crippen molar-refractivity contribution in [2.45, 2.75) is 38.4 Å². The second-order valence-corrected chi connectivity index (χ2v) is 4.30. The smallest absolute Gasteiger partial charge is 0.295 e. The number of thioether (sulfide) groups is 1. The topological polar surface area (TPSA) is 12.0 Å². The van der Waals surface area contributed by atoms with Crippen LogP contribution in [0.4, 0.5) is 13.2 Å². The molecule has 0 aliphatic carbocycles.